The van der Waals surface area contributed by atoms with Gasteiger partial charge in [-0.1, -0.05) is 60.7 Å². The van der Waals surface area contributed by atoms with Crippen LogP contribution in [0.4, 0.5) is 26.3 Å². The van der Waals surface area contributed by atoms with E-state index in [9.17, 15) is 36.2 Å². The summed E-state index contributed by atoms with van der Waals surface area (Å²) in [6, 6.07) is 9.60. The van der Waals surface area contributed by atoms with Crippen LogP contribution in [0, 0.1) is 0 Å². The van der Waals surface area contributed by atoms with E-state index in [1.807, 2.05) is 0 Å². The molecule has 0 amide bonds. The Morgan fingerprint density at radius 3 is 1.35 bits per heavy atom. The van der Waals surface area contributed by atoms with Gasteiger partial charge in [0, 0.05) is 11.1 Å². The molecule has 8 heteroatoms. The first-order valence-corrected chi connectivity index (χ1v) is 7.19. The van der Waals surface area contributed by atoms with E-state index < -0.39 is 23.5 Å². The monoisotopic (exact) mass is 374 g/mol. The summed E-state index contributed by atoms with van der Waals surface area (Å²) in [5.41, 5.74) is -4.77. The Morgan fingerprint density at radius 2 is 1.00 bits per heavy atom. The van der Waals surface area contributed by atoms with Crippen molar-refractivity contribution in [2.24, 2.45) is 0 Å². The predicted octanol–water partition coefficient (Wildman–Crippen LogP) is 4.98. The Morgan fingerprint density at radius 1 is 0.654 bits per heavy atom. The van der Waals surface area contributed by atoms with Crippen LogP contribution < -0.4 is 0 Å². The molecular weight excluding hydrogens is 362 g/mol. The third kappa shape index (κ3) is 3.80. The van der Waals surface area contributed by atoms with Crippen LogP contribution >= 0.6 is 0 Å². The molecule has 26 heavy (non-hydrogen) atoms. The standard InChI is InChI=1S/C18H12F6O2/c19-17(20,21)16(26,18(22,23)24)15-9-7-13(8-10-15)2-1-12-3-5-14(11-25)6-4-12/h1-11,26H/b2-1+. The molecule has 0 radical (unpaired) electrons. The van der Waals surface area contributed by atoms with Gasteiger partial charge in [-0.2, -0.15) is 26.3 Å². The molecule has 0 heterocycles. The minimum absolute atomic E-state index is 0.333. The lowest BCUT2D eigenvalue weighted by Gasteiger charge is -2.32. The summed E-state index contributed by atoms with van der Waals surface area (Å²) in [5, 5.41) is 9.31. The molecule has 0 bridgehead atoms. The number of alkyl halides is 6. The number of carbonyl (C=O) groups is 1. The average molecular weight is 374 g/mol. The Kier molecular flexibility index (Phi) is 5.27. The molecule has 2 aromatic carbocycles. The number of benzene rings is 2. The Labute approximate surface area is 144 Å². The fourth-order valence-electron chi connectivity index (χ4n) is 2.20. The van der Waals surface area contributed by atoms with E-state index in [0.29, 0.717) is 35.1 Å². The van der Waals surface area contributed by atoms with Gasteiger partial charge in [-0.05, 0) is 11.1 Å². The SMILES string of the molecule is O=Cc1ccc(/C=C/c2ccc(C(O)(C(F)(F)F)C(F)(F)F)cc2)cc1. The molecule has 2 rings (SSSR count). The summed E-state index contributed by atoms with van der Waals surface area (Å²) in [5.74, 6) is 0. The summed E-state index contributed by atoms with van der Waals surface area (Å²) in [4.78, 5) is 10.6. The maximum atomic E-state index is 12.8. The molecular formula is C18H12F6O2. The van der Waals surface area contributed by atoms with Crippen molar-refractivity contribution in [3.8, 4) is 0 Å². The molecule has 0 saturated heterocycles. The molecule has 0 aliphatic heterocycles. The van der Waals surface area contributed by atoms with Gasteiger partial charge < -0.3 is 5.11 Å². The molecule has 0 saturated carbocycles. The van der Waals surface area contributed by atoms with Crippen molar-refractivity contribution in [1.29, 1.82) is 0 Å². The highest BCUT2D eigenvalue weighted by atomic mass is 19.4. The summed E-state index contributed by atoms with van der Waals surface area (Å²) in [6.07, 6.45) is -8.12. The van der Waals surface area contributed by atoms with Crippen molar-refractivity contribution < 1.29 is 36.2 Å². The van der Waals surface area contributed by atoms with Crippen LogP contribution in [-0.2, 0) is 5.60 Å². The maximum absolute atomic E-state index is 12.8. The Hall–Kier alpha value is -2.61. The molecule has 0 aromatic heterocycles. The van der Waals surface area contributed by atoms with Gasteiger partial charge in [-0.3, -0.25) is 4.79 Å². The minimum Gasteiger partial charge on any atom is -0.369 e. The van der Waals surface area contributed by atoms with Gasteiger partial charge in [-0.25, -0.2) is 0 Å². The highest BCUT2D eigenvalue weighted by Gasteiger charge is 2.71. The second-order valence-electron chi connectivity index (χ2n) is 5.45. The summed E-state index contributed by atoms with van der Waals surface area (Å²) < 4.78 is 76.9. The molecule has 138 valence electrons. The molecule has 2 nitrogen and oxygen atoms in total. The Bertz CT molecular complexity index is 772. The number of halogens is 6. The van der Waals surface area contributed by atoms with Crippen molar-refractivity contribution >= 4 is 18.4 Å². The minimum atomic E-state index is -5.91. The molecule has 0 spiro atoms. The van der Waals surface area contributed by atoms with Crippen LogP contribution in [0.1, 0.15) is 27.0 Å². The van der Waals surface area contributed by atoms with Crippen molar-refractivity contribution in [1.82, 2.24) is 0 Å². The fraction of sp³-hybridized carbons (Fsp3) is 0.167. The van der Waals surface area contributed by atoms with Gasteiger partial charge >= 0.3 is 12.4 Å². The van der Waals surface area contributed by atoms with Crippen LogP contribution in [0.3, 0.4) is 0 Å². The van der Waals surface area contributed by atoms with Gasteiger partial charge in [0.05, 0.1) is 0 Å². The van der Waals surface area contributed by atoms with Crippen LogP contribution in [0.25, 0.3) is 12.2 Å². The third-order valence-electron chi connectivity index (χ3n) is 3.69. The number of aliphatic hydroxyl groups is 1. The predicted molar refractivity (Wildman–Crippen MR) is 83.2 cm³/mol. The van der Waals surface area contributed by atoms with E-state index in [-0.39, 0.29) is 0 Å². The molecule has 0 unspecified atom stereocenters. The van der Waals surface area contributed by atoms with Gasteiger partial charge in [0.2, 0.25) is 0 Å². The lowest BCUT2D eigenvalue weighted by atomic mass is 9.91. The highest BCUT2D eigenvalue weighted by molar-refractivity contribution is 5.76. The quantitative estimate of drug-likeness (QED) is 0.466. The zero-order valence-corrected chi connectivity index (χ0v) is 13.0. The zero-order valence-electron chi connectivity index (χ0n) is 13.0. The molecule has 0 fully saturated rings. The number of rotatable bonds is 4. The number of carbonyl (C=O) groups excluding carboxylic acids is 1. The third-order valence-corrected chi connectivity index (χ3v) is 3.69. The Balaban J connectivity index is 2.29. The van der Waals surface area contributed by atoms with E-state index in [4.69, 9.17) is 0 Å². The average Bonchev–Trinajstić information content (AvgIpc) is 2.58. The van der Waals surface area contributed by atoms with Crippen LogP contribution in [0.15, 0.2) is 48.5 Å². The van der Waals surface area contributed by atoms with Gasteiger partial charge in [-0.15, -0.1) is 0 Å². The van der Waals surface area contributed by atoms with Gasteiger partial charge in [0.15, 0.2) is 0 Å². The van der Waals surface area contributed by atoms with E-state index >= 15 is 0 Å². The summed E-state index contributed by atoms with van der Waals surface area (Å²) >= 11 is 0. The summed E-state index contributed by atoms with van der Waals surface area (Å²) in [7, 11) is 0. The lowest BCUT2D eigenvalue weighted by Crippen LogP contribution is -2.53. The number of aldehydes is 1. The second kappa shape index (κ2) is 6.95. The van der Waals surface area contributed by atoms with E-state index in [2.05, 4.69) is 0 Å². The van der Waals surface area contributed by atoms with Crippen molar-refractivity contribution in [2.45, 2.75) is 18.0 Å². The number of hydrogen-bond acceptors (Lipinski definition) is 2. The topological polar surface area (TPSA) is 37.3 Å². The van der Waals surface area contributed by atoms with Gasteiger partial charge in [0.25, 0.3) is 5.60 Å². The van der Waals surface area contributed by atoms with Crippen LogP contribution in [0.5, 0.6) is 0 Å². The highest BCUT2D eigenvalue weighted by Crippen LogP contribution is 2.49. The zero-order chi connectivity index (χ0) is 19.6. The molecule has 1 N–H and O–H groups in total. The van der Waals surface area contributed by atoms with Crippen LogP contribution in [-0.4, -0.2) is 23.7 Å². The second-order valence-corrected chi connectivity index (χ2v) is 5.45. The largest absolute Gasteiger partial charge is 0.430 e. The first-order chi connectivity index (χ1) is 12.0. The summed E-state index contributed by atoms with van der Waals surface area (Å²) in [6.45, 7) is 0. The van der Waals surface area contributed by atoms with Gasteiger partial charge in [0.1, 0.15) is 6.29 Å². The molecule has 0 atom stereocenters. The van der Waals surface area contributed by atoms with E-state index in [1.54, 1.807) is 30.3 Å². The molecule has 0 aliphatic carbocycles. The first kappa shape index (κ1) is 19.7. The smallest absolute Gasteiger partial charge is 0.369 e. The van der Waals surface area contributed by atoms with E-state index in [1.165, 1.54) is 6.08 Å². The number of hydrogen-bond donors (Lipinski definition) is 1. The van der Waals surface area contributed by atoms with Crippen molar-refractivity contribution in [3.05, 3.63) is 70.8 Å². The fourth-order valence-corrected chi connectivity index (χ4v) is 2.20. The normalized spacial score (nSPS) is 13.2. The lowest BCUT2D eigenvalue weighted by molar-refractivity contribution is -0.376. The molecule has 2 aromatic rings. The first-order valence-electron chi connectivity index (χ1n) is 7.19. The van der Waals surface area contributed by atoms with Crippen molar-refractivity contribution in [3.63, 3.8) is 0 Å². The van der Waals surface area contributed by atoms with Crippen LogP contribution in [0.2, 0.25) is 0 Å². The maximum Gasteiger partial charge on any atom is 0.430 e. The van der Waals surface area contributed by atoms with E-state index in [0.717, 1.165) is 12.1 Å². The molecule has 0 aliphatic rings. The van der Waals surface area contributed by atoms with Crippen molar-refractivity contribution in [2.75, 3.05) is 0 Å².